The second-order valence-electron chi connectivity index (χ2n) is 4.49. The minimum atomic E-state index is -0.474. The molecule has 0 bridgehead atoms. The fraction of sp³-hybridized carbons (Fsp3) is 0.500. The molecule has 0 spiro atoms. The van der Waals surface area contributed by atoms with Crippen LogP contribution in [0.1, 0.15) is 26.0 Å². The van der Waals surface area contributed by atoms with Crippen LogP contribution >= 0.6 is 15.9 Å². The van der Waals surface area contributed by atoms with Crippen LogP contribution in [-0.4, -0.2) is 16.9 Å². The zero-order chi connectivity index (χ0) is 13.0. The molecule has 4 nitrogen and oxygen atoms in total. The van der Waals surface area contributed by atoms with E-state index in [1.54, 1.807) is 6.07 Å². The first-order valence-electron chi connectivity index (χ1n) is 5.59. The molecule has 1 aromatic heterocycles. The van der Waals surface area contributed by atoms with E-state index in [0.29, 0.717) is 18.0 Å². The number of pyridine rings is 1. The molecule has 0 radical (unpaired) electrons. The number of hydrogen-bond acceptors (Lipinski definition) is 3. The molecule has 1 rings (SSSR count). The van der Waals surface area contributed by atoms with Gasteiger partial charge in [0, 0.05) is 0 Å². The predicted molar refractivity (Wildman–Crippen MR) is 72.7 cm³/mol. The standard InChI is InChI=1S/C12H18BrN3O/c1-7(2)6-9(14)12(17)16-10-4-5-11(13)15-8(10)3/h4-5,7,9H,6,14H2,1-3H3,(H,16,17)/t9-/m1/s1. The van der Waals surface area contributed by atoms with Gasteiger partial charge in [0.15, 0.2) is 0 Å². The van der Waals surface area contributed by atoms with Gasteiger partial charge in [0.25, 0.3) is 0 Å². The highest BCUT2D eigenvalue weighted by atomic mass is 79.9. The van der Waals surface area contributed by atoms with Crippen molar-refractivity contribution in [3.8, 4) is 0 Å². The second kappa shape index (κ2) is 6.12. The molecule has 1 atom stereocenters. The molecule has 1 heterocycles. The topological polar surface area (TPSA) is 68.0 Å². The molecular weight excluding hydrogens is 282 g/mol. The van der Waals surface area contributed by atoms with Gasteiger partial charge in [-0.05, 0) is 47.3 Å². The van der Waals surface area contributed by atoms with E-state index < -0.39 is 6.04 Å². The third-order valence-electron chi connectivity index (χ3n) is 2.37. The number of nitrogens with zero attached hydrogens (tertiary/aromatic N) is 1. The number of rotatable bonds is 4. The van der Waals surface area contributed by atoms with E-state index >= 15 is 0 Å². The molecule has 0 aliphatic heterocycles. The average Bonchev–Trinajstić information content (AvgIpc) is 2.21. The Kier molecular flexibility index (Phi) is 5.08. The Morgan fingerprint density at radius 2 is 2.18 bits per heavy atom. The Balaban J connectivity index is 2.67. The minimum Gasteiger partial charge on any atom is -0.323 e. The fourth-order valence-electron chi connectivity index (χ4n) is 1.50. The summed E-state index contributed by atoms with van der Waals surface area (Å²) in [5.74, 6) is 0.241. The van der Waals surface area contributed by atoms with Crippen molar-refractivity contribution in [2.45, 2.75) is 33.2 Å². The summed E-state index contributed by atoms with van der Waals surface area (Å²) < 4.78 is 0.750. The number of carbonyl (C=O) groups excluding carboxylic acids is 1. The van der Waals surface area contributed by atoms with Gasteiger partial charge in [0.05, 0.1) is 17.4 Å². The molecule has 0 unspecified atom stereocenters. The normalized spacial score (nSPS) is 12.6. The predicted octanol–water partition coefficient (Wildman–Crippen LogP) is 2.46. The molecular formula is C12H18BrN3O. The van der Waals surface area contributed by atoms with Crippen molar-refractivity contribution in [1.82, 2.24) is 4.98 Å². The van der Waals surface area contributed by atoms with Crippen LogP contribution in [-0.2, 0) is 4.79 Å². The number of nitrogens with two attached hydrogens (primary N) is 1. The van der Waals surface area contributed by atoms with Crippen LogP contribution in [0, 0.1) is 12.8 Å². The van der Waals surface area contributed by atoms with Crippen molar-refractivity contribution < 1.29 is 4.79 Å². The Labute approximate surface area is 110 Å². The highest BCUT2D eigenvalue weighted by molar-refractivity contribution is 9.10. The van der Waals surface area contributed by atoms with Crippen LogP contribution in [0.2, 0.25) is 0 Å². The summed E-state index contributed by atoms with van der Waals surface area (Å²) in [6.07, 6.45) is 0.675. The lowest BCUT2D eigenvalue weighted by atomic mass is 10.0. The Morgan fingerprint density at radius 1 is 1.53 bits per heavy atom. The molecule has 0 saturated carbocycles. The first-order valence-corrected chi connectivity index (χ1v) is 6.39. The van der Waals surface area contributed by atoms with Crippen molar-refractivity contribution in [1.29, 1.82) is 0 Å². The van der Waals surface area contributed by atoms with E-state index in [1.165, 1.54) is 0 Å². The number of hydrogen-bond donors (Lipinski definition) is 2. The van der Waals surface area contributed by atoms with E-state index in [-0.39, 0.29) is 5.91 Å². The van der Waals surface area contributed by atoms with Gasteiger partial charge < -0.3 is 11.1 Å². The van der Waals surface area contributed by atoms with Crippen molar-refractivity contribution >= 4 is 27.5 Å². The first-order chi connectivity index (χ1) is 7.90. The van der Waals surface area contributed by atoms with E-state index in [9.17, 15) is 4.79 Å². The van der Waals surface area contributed by atoms with Gasteiger partial charge in [-0.3, -0.25) is 4.79 Å². The van der Waals surface area contributed by atoms with E-state index in [2.05, 4.69) is 26.2 Å². The summed E-state index contributed by atoms with van der Waals surface area (Å²) in [5, 5.41) is 2.80. The zero-order valence-corrected chi connectivity index (χ0v) is 11.9. The maximum Gasteiger partial charge on any atom is 0.241 e. The van der Waals surface area contributed by atoms with Gasteiger partial charge in [0.1, 0.15) is 4.60 Å². The number of halogens is 1. The summed E-state index contributed by atoms with van der Waals surface area (Å²) in [4.78, 5) is 16.0. The highest BCUT2D eigenvalue weighted by Crippen LogP contribution is 2.16. The van der Waals surface area contributed by atoms with Gasteiger partial charge in [-0.15, -0.1) is 0 Å². The largest absolute Gasteiger partial charge is 0.323 e. The second-order valence-corrected chi connectivity index (χ2v) is 5.30. The van der Waals surface area contributed by atoms with E-state index in [1.807, 2.05) is 26.8 Å². The molecule has 0 aliphatic carbocycles. The summed E-state index contributed by atoms with van der Waals surface area (Å²) in [6, 6.07) is 3.13. The molecule has 1 amide bonds. The van der Waals surface area contributed by atoms with Crippen LogP contribution in [0.25, 0.3) is 0 Å². The molecule has 0 saturated heterocycles. The Bertz CT molecular complexity index is 407. The molecule has 1 aromatic rings. The van der Waals surface area contributed by atoms with Crippen molar-refractivity contribution in [3.05, 3.63) is 22.4 Å². The number of carbonyl (C=O) groups is 1. The van der Waals surface area contributed by atoms with Crippen molar-refractivity contribution in [3.63, 3.8) is 0 Å². The Morgan fingerprint density at radius 3 is 2.71 bits per heavy atom. The average molecular weight is 300 g/mol. The summed E-state index contributed by atoms with van der Waals surface area (Å²) in [6.45, 7) is 5.92. The summed E-state index contributed by atoms with van der Waals surface area (Å²) in [5.41, 5.74) is 7.28. The van der Waals surface area contributed by atoms with Gasteiger partial charge in [0.2, 0.25) is 5.91 Å². The zero-order valence-electron chi connectivity index (χ0n) is 10.3. The third-order valence-corrected chi connectivity index (χ3v) is 2.81. The maximum absolute atomic E-state index is 11.8. The molecule has 0 fully saturated rings. The smallest absolute Gasteiger partial charge is 0.241 e. The van der Waals surface area contributed by atoms with Crippen LogP contribution < -0.4 is 11.1 Å². The maximum atomic E-state index is 11.8. The third kappa shape index (κ3) is 4.44. The van der Waals surface area contributed by atoms with Gasteiger partial charge in [-0.1, -0.05) is 13.8 Å². The van der Waals surface area contributed by atoms with Gasteiger partial charge in [-0.25, -0.2) is 4.98 Å². The SMILES string of the molecule is Cc1nc(Br)ccc1NC(=O)[C@H](N)CC(C)C. The number of aromatic nitrogens is 1. The van der Waals surface area contributed by atoms with Gasteiger partial charge >= 0.3 is 0 Å². The van der Waals surface area contributed by atoms with E-state index in [4.69, 9.17) is 5.73 Å². The highest BCUT2D eigenvalue weighted by Gasteiger charge is 2.15. The molecule has 3 N–H and O–H groups in total. The number of nitrogens with one attached hydrogen (secondary N) is 1. The summed E-state index contributed by atoms with van der Waals surface area (Å²) >= 11 is 3.28. The van der Waals surface area contributed by atoms with Crippen LogP contribution in [0.5, 0.6) is 0 Å². The lowest BCUT2D eigenvalue weighted by Crippen LogP contribution is -2.36. The molecule has 17 heavy (non-hydrogen) atoms. The lowest BCUT2D eigenvalue weighted by Gasteiger charge is -2.15. The van der Waals surface area contributed by atoms with Crippen LogP contribution in [0.4, 0.5) is 5.69 Å². The van der Waals surface area contributed by atoms with Crippen molar-refractivity contribution in [2.75, 3.05) is 5.32 Å². The molecule has 0 aliphatic rings. The summed E-state index contributed by atoms with van der Waals surface area (Å²) in [7, 11) is 0. The van der Waals surface area contributed by atoms with Gasteiger partial charge in [-0.2, -0.15) is 0 Å². The molecule has 94 valence electrons. The molecule has 5 heteroatoms. The minimum absolute atomic E-state index is 0.161. The lowest BCUT2D eigenvalue weighted by molar-refractivity contribution is -0.117. The van der Waals surface area contributed by atoms with Crippen molar-refractivity contribution in [2.24, 2.45) is 11.7 Å². The quantitative estimate of drug-likeness (QED) is 0.839. The first kappa shape index (κ1) is 14.1. The molecule has 0 aromatic carbocycles. The van der Waals surface area contributed by atoms with E-state index in [0.717, 1.165) is 10.3 Å². The monoisotopic (exact) mass is 299 g/mol. The number of amides is 1. The fourth-order valence-corrected chi connectivity index (χ4v) is 1.90. The Hall–Kier alpha value is -0.940. The van der Waals surface area contributed by atoms with Crippen LogP contribution in [0.15, 0.2) is 16.7 Å². The number of anilines is 1. The van der Waals surface area contributed by atoms with Crippen LogP contribution in [0.3, 0.4) is 0 Å². The number of aryl methyl sites for hydroxylation is 1.